The van der Waals surface area contributed by atoms with Crippen LogP contribution in [0.5, 0.6) is 0 Å². The van der Waals surface area contributed by atoms with Crippen LogP contribution < -0.4 is 0 Å². The zero-order valence-electron chi connectivity index (χ0n) is 11.3. The Hall–Kier alpha value is -1.22. The minimum absolute atomic E-state index is 1.04. The monoisotopic (exact) mass is 228 g/mol. The summed E-state index contributed by atoms with van der Waals surface area (Å²) in [6.45, 7) is 4.44. The second kappa shape index (κ2) is 8.88. The topological polar surface area (TPSA) is 0 Å². The van der Waals surface area contributed by atoms with Gasteiger partial charge in [-0.05, 0) is 24.5 Å². The number of hydrogen-bond acceptors (Lipinski definition) is 0. The highest BCUT2D eigenvalue weighted by Crippen LogP contribution is 2.08. The first-order chi connectivity index (χ1) is 8.38. The summed E-state index contributed by atoms with van der Waals surface area (Å²) in [5.41, 5.74) is 2.58. The molecule has 0 heterocycles. The smallest absolute Gasteiger partial charge is 0.0277 e. The van der Waals surface area contributed by atoms with E-state index < -0.39 is 0 Å². The summed E-state index contributed by atoms with van der Waals surface area (Å²) in [6, 6.07) is 8.47. The first-order valence-electron chi connectivity index (χ1n) is 6.95. The molecule has 1 aromatic rings. The van der Waals surface area contributed by atoms with Gasteiger partial charge in [0.1, 0.15) is 0 Å². The molecule has 0 atom stereocenters. The van der Waals surface area contributed by atoms with Crippen LogP contribution in [0.15, 0.2) is 24.3 Å². The zero-order chi connectivity index (χ0) is 12.3. The van der Waals surface area contributed by atoms with E-state index in [1.165, 1.54) is 43.2 Å². The fourth-order valence-electron chi connectivity index (χ4n) is 1.93. The van der Waals surface area contributed by atoms with Crippen molar-refractivity contribution in [3.8, 4) is 11.8 Å². The molecule has 0 radical (unpaired) electrons. The maximum atomic E-state index is 3.31. The third-order valence-electron chi connectivity index (χ3n) is 3.03. The van der Waals surface area contributed by atoms with Gasteiger partial charge in [0.25, 0.3) is 0 Å². The fourth-order valence-corrected chi connectivity index (χ4v) is 1.93. The molecule has 0 aromatic heterocycles. The molecular formula is C17H24. The van der Waals surface area contributed by atoms with Crippen LogP contribution in [0.1, 0.15) is 63.5 Å². The first-order valence-corrected chi connectivity index (χ1v) is 6.95. The molecule has 0 bridgehead atoms. The molecule has 0 aliphatic rings. The summed E-state index contributed by atoms with van der Waals surface area (Å²) in [7, 11) is 0. The lowest BCUT2D eigenvalue weighted by Gasteiger charge is -1.99. The van der Waals surface area contributed by atoms with E-state index >= 15 is 0 Å². The van der Waals surface area contributed by atoms with Crippen LogP contribution in [0.4, 0.5) is 0 Å². The van der Waals surface area contributed by atoms with Crippen molar-refractivity contribution in [1.82, 2.24) is 0 Å². The highest BCUT2D eigenvalue weighted by molar-refractivity contribution is 5.41. The summed E-state index contributed by atoms with van der Waals surface area (Å²) in [5, 5.41) is 0. The van der Waals surface area contributed by atoms with Crippen LogP contribution in [0, 0.1) is 11.8 Å². The second-order valence-electron chi connectivity index (χ2n) is 4.48. The maximum Gasteiger partial charge on any atom is 0.0277 e. The van der Waals surface area contributed by atoms with Crippen molar-refractivity contribution in [3.05, 3.63) is 35.4 Å². The summed E-state index contributed by atoms with van der Waals surface area (Å²) >= 11 is 0. The number of aryl methyl sites for hydroxylation is 1. The summed E-state index contributed by atoms with van der Waals surface area (Å²) < 4.78 is 0. The summed E-state index contributed by atoms with van der Waals surface area (Å²) in [4.78, 5) is 0. The first kappa shape index (κ1) is 13.8. The van der Waals surface area contributed by atoms with Gasteiger partial charge in [0.15, 0.2) is 0 Å². The van der Waals surface area contributed by atoms with Gasteiger partial charge in [0, 0.05) is 12.0 Å². The van der Waals surface area contributed by atoms with Gasteiger partial charge in [-0.1, -0.05) is 69.6 Å². The zero-order valence-corrected chi connectivity index (χ0v) is 11.3. The molecule has 0 heteroatoms. The molecule has 0 fully saturated rings. The third kappa shape index (κ3) is 5.59. The van der Waals surface area contributed by atoms with Crippen molar-refractivity contribution >= 4 is 0 Å². The Balaban J connectivity index is 2.33. The molecule has 0 nitrogen and oxygen atoms in total. The summed E-state index contributed by atoms with van der Waals surface area (Å²) in [6.07, 6.45) is 8.74. The minimum Gasteiger partial charge on any atom is -0.0979 e. The molecular weight excluding hydrogens is 204 g/mol. The van der Waals surface area contributed by atoms with E-state index in [-0.39, 0.29) is 0 Å². The van der Waals surface area contributed by atoms with Gasteiger partial charge in [-0.3, -0.25) is 0 Å². The fraction of sp³-hybridized carbons (Fsp3) is 0.529. The molecule has 1 aromatic carbocycles. The van der Waals surface area contributed by atoms with Crippen LogP contribution in [-0.4, -0.2) is 0 Å². The van der Waals surface area contributed by atoms with Gasteiger partial charge >= 0.3 is 0 Å². The van der Waals surface area contributed by atoms with Crippen LogP contribution in [0.25, 0.3) is 0 Å². The second-order valence-corrected chi connectivity index (χ2v) is 4.48. The lowest BCUT2D eigenvalue weighted by atomic mass is 10.1. The Morgan fingerprint density at radius 3 is 2.47 bits per heavy atom. The molecule has 0 saturated heterocycles. The average Bonchev–Trinajstić information content (AvgIpc) is 2.38. The van der Waals surface area contributed by atoms with Crippen molar-refractivity contribution in [1.29, 1.82) is 0 Å². The molecule has 92 valence electrons. The van der Waals surface area contributed by atoms with Gasteiger partial charge in [-0.2, -0.15) is 0 Å². The molecule has 17 heavy (non-hydrogen) atoms. The predicted molar refractivity (Wildman–Crippen MR) is 76.1 cm³/mol. The van der Waals surface area contributed by atoms with E-state index in [0.717, 1.165) is 12.8 Å². The Morgan fingerprint density at radius 2 is 1.71 bits per heavy atom. The molecule has 0 amide bonds. The van der Waals surface area contributed by atoms with Gasteiger partial charge in [0.05, 0.1) is 0 Å². The highest BCUT2D eigenvalue weighted by atomic mass is 14.0. The quantitative estimate of drug-likeness (QED) is 0.477. The molecule has 0 aliphatic carbocycles. The third-order valence-corrected chi connectivity index (χ3v) is 3.03. The van der Waals surface area contributed by atoms with E-state index in [9.17, 15) is 0 Å². The van der Waals surface area contributed by atoms with Gasteiger partial charge in [-0.15, -0.1) is 0 Å². The Labute approximate surface area is 106 Å². The molecule has 0 spiro atoms. The number of hydrogen-bond donors (Lipinski definition) is 0. The minimum atomic E-state index is 1.04. The maximum absolute atomic E-state index is 3.31. The molecule has 0 aliphatic heterocycles. The lowest BCUT2D eigenvalue weighted by molar-refractivity contribution is 0.641. The molecule has 0 N–H and O–H groups in total. The van der Waals surface area contributed by atoms with E-state index in [4.69, 9.17) is 0 Å². The Bertz CT molecular complexity index is 365. The van der Waals surface area contributed by atoms with Crippen LogP contribution in [0.2, 0.25) is 0 Å². The van der Waals surface area contributed by atoms with Crippen molar-refractivity contribution in [2.45, 2.75) is 58.8 Å². The van der Waals surface area contributed by atoms with Crippen molar-refractivity contribution in [3.63, 3.8) is 0 Å². The van der Waals surface area contributed by atoms with Crippen LogP contribution >= 0.6 is 0 Å². The van der Waals surface area contributed by atoms with E-state index in [0.29, 0.717) is 0 Å². The van der Waals surface area contributed by atoms with E-state index in [1.54, 1.807) is 0 Å². The van der Waals surface area contributed by atoms with Crippen LogP contribution in [0.3, 0.4) is 0 Å². The normalized spacial score (nSPS) is 9.76. The largest absolute Gasteiger partial charge is 0.0979 e. The molecule has 0 saturated carbocycles. The van der Waals surface area contributed by atoms with Gasteiger partial charge in [-0.25, -0.2) is 0 Å². The van der Waals surface area contributed by atoms with Gasteiger partial charge < -0.3 is 0 Å². The summed E-state index contributed by atoms with van der Waals surface area (Å²) in [5.74, 6) is 6.61. The van der Waals surface area contributed by atoms with Gasteiger partial charge in [0.2, 0.25) is 0 Å². The predicted octanol–water partition coefficient (Wildman–Crippen LogP) is 4.96. The van der Waals surface area contributed by atoms with E-state index in [1.807, 2.05) is 0 Å². The number of rotatable bonds is 6. The van der Waals surface area contributed by atoms with Crippen molar-refractivity contribution in [2.24, 2.45) is 0 Å². The highest BCUT2D eigenvalue weighted by Gasteiger charge is 1.94. The molecule has 1 rings (SSSR count). The Kier molecular flexibility index (Phi) is 7.23. The van der Waals surface area contributed by atoms with Crippen molar-refractivity contribution in [2.75, 3.05) is 0 Å². The lowest BCUT2D eigenvalue weighted by Crippen LogP contribution is -1.85. The average molecular weight is 228 g/mol. The van der Waals surface area contributed by atoms with E-state index in [2.05, 4.69) is 50.0 Å². The molecule has 0 unspecified atom stereocenters. The number of unbranched alkanes of at least 4 members (excludes halogenated alkanes) is 5. The Morgan fingerprint density at radius 1 is 0.941 bits per heavy atom. The van der Waals surface area contributed by atoms with Crippen LogP contribution in [-0.2, 0) is 6.42 Å². The standard InChI is InChI=1S/C17H24/c1-3-5-6-7-8-9-10-14-17-15-12-11-13-16(17)4-2/h11-13,15H,3-9H2,1-2H3. The number of benzene rings is 1. The van der Waals surface area contributed by atoms with Crippen molar-refractivity contribution < 1.29 is 0 Å². The SMILES string of the molecule is CCCCCCCC#Cc1ccccc1CC.